The number of thiocarbonyl (C=S) groups is 1. The van der Waals surface area contributed by atoms with Crippen molar-refractivity contribution >= 4 is 34.6 Å². The molecule has 3 heterocycles. The highest BCUT2D eigenvalue weighted by Crippen LogP contribution is 2.42. The number of nitrogens with zero attached hydrogens (tertiary/aromatic N) is 3. The van der Waals surface area contributed by atoms with E-state index in [4.69, 9.17) is 23.8 Å². The minimum atomic E-state index is -0.444. The first kappa shape index (κ1) is 20.7. The molecule has 5 rings (SSSR count). The summed E-state index contributed by atoms with van der Waals surface area (Å²) < 4.78 is 15.8. The molecule has 0 radical (unpaired) electrons. The molecule has 1 saturated heterocycles. The van der Waals surface area contributed by atoms with Gasteiger partial charge in [-0.1, -0.05) is 35.4 Å². The summed E-state index contributed by atoms with van der Waals surface area (Å²) in [5, 5.41) is 4.17. The zero-order valence-electron chi connectivity index (χ0n) is 17.2. The molecule has 160 valence electrons. The van der Waals surface area contributed by atoms with Crippen molar-refractivity contribution < 1.29 is 4.39 Å². The molecule has 2 aromatic heterocycles. The Hall–Kier alpha value is -3.22. The van der Waals surface area contributed by atoms with E-state index in [2.05, 4.69) is 52.5 Å². The molecule has 1 aliphatic heterocycles. The Labute approximate surface area is 196 Å². The predicted octanol–water partition coefficient (Wildman–Crippen LogP) is 6.15. The van der Waals surface area contributed by atoms with E-state index in [1.54, 1.807) is 18.3 Å². The highest BCUT2D eigenvalue weighted by Gasteiger charge is 2.42. The van der Waals surface area contributed by atoms with Gasteiger partial charge in [-0.3, -0.25) is 4.98 Å². The summed E-state index contributed by atoms with van der Waals surface area (Å²) in [6, 6.07) is 22.5. The molecule has 2 unspecified atom stereocenters. The molecule has 1 fully saturated rings. The van der Waals surface area contributed by atoms with Gasteiger partial charge in [-0.2, -0.15) is 0 Å². The fraction of sp³-hybridized carbons (Fsp3) is 0.120. The number of aryl methyl sites for hydroxylation is 1. The highest BCUT2D eigenvalue weighted by molar-refractivity contribution is 7.80. The van der Waals surface area contributed by atoms with E-state index < -0.39 is 5.82 Å². The van der Waals surface area contributed by atoms with Gasteiger partial charge in [0.15, 0.2) is 5.11 Å². The number of aromatic nitrogens is 2. The summed E-state index contributed by atoms with van der Waals surface area (Å²) in [6.45, 7) is 2.06. The van der Waals surface area contributed by atoms with Crippen molar-refractivity contribution in [3.63, 3.8) is 0 Å². The van der Waals surface area contributed by atoms with E-state index in [1.165, 1.54) is 11.6 Å². The first-order chi connectivity index (χ1) is 15.5. The number of pyridine rings is 1. The molecular weight excluding hydrogens is 443 g/mol. The van der Waals surface area contributed by atoms with Gasteiger partial charge in [-0.05, 0) is 73.7 Å². The summed E-state index contributed by atoms with van der Waals surface area (Å²) in [5.41, 5.74) is 4.81. The number of nitrogens with one attached hydrogen (secondary N) is 1. The van der Waals surface area contributed by atoms with Gasteiger partial charge in [0.1, 0.15) is 11.9 Å². The van der Waals surface area contributed by atoms with E-state index in [0.29, 0.717) is 5.11 Å². The maximum atomic E-state index is 13.8. The van der Waals surface area contributed by atoms with Crippen LogP contribution in [-0.4, -0.2) is 14.7 Å². The molecule has 4 aromatic rings. The third kappa shape index (κ3) is 3.66. The van der Waals surface area contributed by atoms with Crippen LogP contribution in [0.1, 0.15) is 29.0 Å². The Morgan fingerprint density at radius 1 is 1.00 bits per heavy atom. The van der Waals surface area contributed by atoms with Crippen molar-refractivity contribution in [2.75, 3.05) is 4.90 Å². The van der Waals surface area contributed by atoms with Crippen molar-refractivity contribution in [2.24, 2.45) is 0 Å². The average molecular weight is 463 g/mol. The Balaban J connectivity index is 1.67. The fourth-order valence-corrected chi connectivity index (χ4v) is 4.66. The van der Waals surface area contributed by atoms with Crippen molar-refractivity contribution in [3.05, 3.63) is 113 Å². The smallest absolute Gasteiger partial charge is 0.174 e. The molecular formula is C25H20ClFN4S. The Kier molecular flexibility index (Phi) is 5.41. The van der Waals surface area contributed by atoms with E-state index in [9.17, 15) is 4.39 Å². The minimum Gasteiger partial charge on any atom is -0.351 e. The van der Waals surface area contributed by atoms with Crippen LogP contribution in [0.4, 0.5) is 10.1 Å². The summed E-state index contributed by atoms with van der Waals surface area (Å²) in [4.78, 5) is 6.71. The molecule has 1 aliphatic rings. The lowest BCUT2D eigenvalue weighted by atomic mass is 10.0. The van der Waals surface area contributed by atoms with E-state index in [-0.39, 0.29) is 17.1 Å². The average Bonchev–Trinajstić information content (AvgIpc) is 3.41. The minimum absolute atomic E-state index is 0.0823. The van der Waals surface area contributed by atoms with Crippen LogP contribution in [0.3, 0.4) is 0 Å². The number of hydrogen-bond donors (Lipinski definition) is 1. The van der Waals surface area contributed by atoms with Crippen LogP contribution in [0.25, 0.3) is 5.69 Å². The standard InChI is InChI=1S/C25H20ClFN4S/c1-16-7-9-17(10-8-16)31-24(23(29-25(31)32)21-5-2-3-13-28-21)22-6-4-14-30(22)18-11-12-20(27)19(26)15-18/h2-15,23-24H,1H3,(H,29,32). The first-order valence-corrected chi connectivity index (χ1v) is 11.0. The molecule has 1 N–H and O–H groups in total. The lowest BCUT2D eigenvalue weighted by molar-refractivity contribution is 0.549. The topological polar surface area (TPSA) is 33.1 Å². The van der Waals surface area contributed by atoms with Gasteiger partial charge in [0.25, 0.3) is 0 Å². The first-order valence-electron chi connectivity index (χ1n) is 10.2. The molecule has 7 heteroatoms. The lowest BCUT2D eigenvalue weighted by Crippen LogP contribution is -2.30. The number of hydrogen-bond acceptors (Lipinski definition) is 2. The van der Waals surface area contributed by atoms with E-state index >= 15 is 0 Å². The van der Waals surface area contributed by atoms with Crippen molar-refractivity contribution in [1.82, 2.24) is 14.9 Å². The molecule has 0 amide bonds. The van der Waals surface area contributed by atoms with Gasteiger partial charge in [0.2, 0.25) is 0 Å². The Morgan fingerprint density at radius 3 is 2.50 bits per heavy atom. The third-order valence-corrected chi connectivity index (χ3v) is 6.28. The molecule has 0 spiro atoms. The largest absolute Gasteiger partial charge is 0.351 e. The SMILES string of the molecule is Cc1ccc(N2C(=S)NC(c3ccccn3)C2c2cccn2-c2ccc(F)c(Cl)c2)cc1. The summed E-state index contributed by atoms with van der Waals surface area (Å²) in [5.74, 6) is -0.444. The zero-order chi connectivity index (χ0) is 22.2. The lowest BCUT2D eigenvalue weighted by Gasteiger charge is -2.29. The number of benzene rings is 2. The van der Waals surface area contributed by atoms with Crippen LogP contribution in [-0.2, 0) is 0 Å². The third-order valence-electron chi connectivity index (χ3n) is 5.67. The second-order valence-electron chi connectivity index (χ2n) is 7.73. The summed E-state index contributed by atoms with van der Waals surface area (Å²) in [6.07, 6.45) is 3.73. The monoisotopic (exact) mass is 462 g/mol. The number of rotatable bonds is 4. The van der Waals surface area contributed by atoms with Gasteiger partial charge >= 0.3 is 0 Å². The Bertz CT molecular complexity index is 1270. The normalized spacial score (nSPS) is 18.1. The van der Waals surface area contributed by atoms with Crippen LogP contribution < -0.4 is 10.2 Å². The molecule has 0 saturated carbocycles. The van der Waals surface area contributed by atoms with Crippen molar-refractivity contribution in [1.29, 1.82) is 0 Å². The van der Waals surface area contributed by atoms with Crippen molar-refractivity contribution in [3.8, 4) is 5.69 Å². The molecule has 4 nitrogen and oxygen atoms in total. The quantitative estimate of drug-likeness (QED) is 0.369. The second kappa shape index (κ2) is 8.37. The van der Waals surface area contributed by atoms with Crippen LogP contribution in [0.2, 0.25) is 5.02 Å². The molecule has 2 atom stereocenters. The second-order valence-corrected chi connectivity index (χ2v) is 8.53. The van der Waals surface area contributed by atoms with Gasteiger partial charge in [-0.15, -0.1) is 0 Å². The summed E-state index contributed by atoms with van der Waals surface area (Å²) >= 11 is 11.9. The van der Waals surface area contributed by atoms with Crippen LogP contribution in [0.5, 0.6) is 0 Å². The molecule has 0 aliphatic carbocycles. The van der Waals surface area contributed by atoms with Gasteiger partial charge in [0, 0.05) is 29.5 Å². The number of halogens is 2. The zero-order valence-corrected chi connectivity index (χ0v) is 18.8. The van der Waals surface area contributed by atoms with Crippen LogP contribution >= 0.6 is 23.8 Å². The van der Waals surface area contributed by atoms with Gasteiger partial charge in [-0.25, -0.2) is 4.39 Å². The molecule has 0 bridgehead atoms. The van der Waals surface area contributed by atoms with E-state index in [1.807, 2.05) is 35.0 Å². The maximum Gasteiger partial charge on any atom is 0.174 e. The highest BCUT2D eigenvalue weighted by atomic mass is 35.5. The fourth-order valence-electron chi connectivity index (χ4n) is 4.14. The summed E-state index contributed by atoms with van der Waals surface area (Å²) in [7, 11) is 0. The molecule has 2 aromatic carbocycles. The predicted molar refractivity (Wildman–Crippen MR) is 130 cm³/mol. The van der Waals surface area contributed by atoms with Crippen LogP contribution in [0.15, 0.2) is 85.2 Å². The van der Waals surface area contributed by atoms with E-state index in [0.717, 1.165) is 22.8 Å². The maximum absolute atomic E-state index is 13.8. The van der Waals surface area contributed by atoms with Crippen molar-refractivity contribution in [2.45, 2.75) is 19.0 Å². The molecule has 32 heavy (non-hydrogen) atoms. The van der Waals surface area contributed by atoms with Crippen LogP contribution in [0, 0.1) is 12.7 Å². The Morgan fingerprint density at radius 2 is 1.78 bits per heavy atom. The number of anilines is 1. The van der Waals surface area contributed by atoms with Gasteiger partial charge < -0.3 is 14.8 Å². The van der Waals surface area contributed by atoms with Gasteiger partial charge in [0.05, 0.1) is 16.8 Å².